The number of allylic oxidation sites excluding steroid dienone is 3. The summed E-state index contributed by atoms with van der Waals surface area (Å²) in [6, 6.07) is 2.06. The van der Waals surface area contributed by atoms with Gasteiger partial charge in [-0.25, -0.2) is 0 Å². The van der Waals surface area contributed by atoms with Gasteiger partial charge in [-0.15, -0.1) is 0 Å². The van der Waals surface area contributed by atoms with Gasteiger partial charge in [-0.05, 0) is 54.9 Å². The third-order valence-corrected chi connectivity index (χ3v) is 10.1. The number of carbonyl (C=O) groups excluding carboxylic acids is 2. The number of epoxide rings is 1. The smallest absolute Gasteiger partial charge is 0.161 e. The molecule has 0 amide bonds. The highest BCUT2D eigenvalue weighted by Crippen LogP contribution is 2.80. The lowest BCUT2D eigenvalue weighted by atomic mass is 9.40. The second kappa shape index (κ2) is 5.09. The van der Waals surface area contributed by atoms with E-state index in [1.807, 2.05) is 20.1 Å². The maximum atomic E-state index is 14.0. The lowest BCUT2D eigenvalue weighted by molar-refractivity contribution is -0.147. The van der Waals surface area contributed by atoms with Crippen molar-refractivity contribution >= 4 is 11.6 Å². The van der Waals surface area contributed by atoms with Gasteiger partial charge in [0.25, 0.3) is 0 Å². The van der Waals surface area contributed by atoms with Gasteiger partial charge in [0.1, 0.15) is 11.4 Å². The Hall–Kier alpha value is -1.94. The first kappa shape index (κ1) is 18.8. The Morgan fingerprint density at radius 1 is 1.10 bits per heavy atom. The van der Waals surface area contributed by atoms with Crippen molar-refractivity contribution in [3.05, 3.63) is 48.0 Å². The highest BCUT2D eigenvalue weighted by atomic mass is 16.6. The van der Waals surface area contributed by atoms with E-state index in [4.69, 9.17) is 9.15 Å². The van der Waals surface area contributed by atoms with Gasteiger partial charge in [-0.3, -0.25) is 9.59 Å². The van der Waals surface area contributed by atoms with Crippen LogP contribution in [-0.4, -0.2) is 23.3 Å². The van der Waals surface area contributed by atoms with Crippen LogP contribution in [0.3, 0.4) is 0 Å². The molecule has 1 aliphatic heterocycles. The van der Waals surface area contributed by atoms with E-state index < -0.39 is 16.4 Å². The Kier molecular flexibility index (Phi) is 3.19. The van der Waals surface area contributed by atoms with Crippen LogP contribution in [0, 0.1) is 27.6 Å². The van der Waals surface area contributed by atoms with E-state index in [2.05, 4.69) is 39.0 Å². The van der Waals surface area contributed by atoms with Crippen molar-refractivity contribution in [2.45, 2.75) is 71.5 Å². The number of furan rings is 1. The van der Waals surface area contributed by atoms with Gasteiger partial charge in [-0.1, -0.05) is 39.8 Å². The van der Waals surface area contributed by atoms with Crippen LogP contribution in [0.15, 0.2) is 46.8 Å². The molecular weight excluding hydrogens is 376 g/mol. The second-order valence-corrected chi connectivity index (χ2v) is 11.4. The van der Waals surface area contributed by atoms with Crippen molar-refractivity contribution in [1.82, 2.24) is 0 Å². The van der Waals surface area contributed by atoms with Gasteiger partial charge in [0, 0.05) is 22.7 Å². The fraction of sp³-hybridized carbons (Fsp3) is 0.615. The predicted octanol–water partition coefficient (Wildman–Crippen LogP) is 5.01. The summed E-state index contributed by atoms with van der Waals surface area (Å²) in [5.74, 6) is 0.678. The van der Waals surface area contributed by atoms with Crippen molar-refractivity contribution in [2.24, 2.45) is 27.6 Å². The summed E-state index contributed by atoms with van der Waals surface area (Å²) in [4.78, 5) is 26.7. The number of carbonyl (C=O) groups is 2. The molecule has 4 heteroatoms. The summed E-state index contributed by atoms with van der Waals surface area (Å²) in [6.45, 7) is 10.7. The third-order valence-electron chi connectivity index (χ3n) is 10.1. The summed E-state index contributed by atoms with van der Waals surface area (Å²) in [6.07, 6.45) is 12.1. The predicted molar refractivity (Wildman–Crippen MR) is 112 cm³/mol. The molecule has 4 aliphatic carbocycles. The van der Waals surface area contributed by atoms with E-state index in [1.54, 1.807) is 12.3 Å². The van der Waals surface area contributed by atoms with E-state index in [0.29, 0.717) is 12.3 Å². The van der Waals surface area contributed by atoms with Crippen molar-refractivity contribution in [3.63, 3.8) is 0 Å². The fourth-order valence-corrected chi connectivity index (χ4v) is 8.39. The van der Waals surface area contributed by atoms with Crippen LogP contribution in [-0.2, 0) is 14.3 Å². The van der Waals surface area contributed by atoms with E-state index >= 15 is 0 Å². The molecule has 1 aromatic rings. The van der Waals surface area contributed by atoms with Crippen molar-refractivity contribution in [3.8, 4) is 0 Å². The number of ether oxygens (including phenoxy) is 1. The molecule has 0 N–H and O–H groups in total. The molecule has 0 aromatic carbocycles. The average molecular weight is 407 g/mol. The molecule has 5 aliphatic rings. The van der Waals surface area contributed by atoms with Crippen LogP contribution in [0.4, 0.5) is 0 Å². The molecule has 2 saturated carbocycles. The summed E-state index contributed by atoms with van der Waals surface area (Å²) in [5, 5.41) is 0. The van der Waals surface area contributed by atoms with Crippen LogP contribution < -0.4 is 0 Å². The van der Waals surface area contributed by atoms with E-state index in [0.717, 1.165) is 12.8 Å². The normalized spacial score (nSPS) is 50.3. The molecule has 3 fully saturated rings. The first-order chi connectivity index (χ1) is 14.0. The van der Waals surface area contributed by atoms with Crippen LogP contribution in [0.1, 0.15) is 65.4 Å². The molecule has 2 heterocycles. The minimum atomic E-state index is -0.658. The van der Waals surface area contributed by atoms with Gasteiger partial charge in [0.2, 0.25) is 0 Å². The molecule has 0 radical (unpaired) electrons. The quantitative estimate of drug-likeness (QED) is 0.486. The van der Waals surface area contributed by atoms with Gasteiger partial charge in [0.05, 0.1) is 24.0 Å². The molecule has 7 atom stereocenters. The van der Waals surface area contributed by atoms with E-state index in [-0.39, 0.29) is 34.4 Å². The SMILES string of the molecule is CC1(C)C(=O)C=C[C@]2(C)C3=CC[C@@]4(C)[C@H](c5ccoc5)C[C@H]5O[C@]54[C@]3(C)C(=O)C[C@@H]12. The van der Waals surface area contributed by atoms with Crippen LogP contribution in [0.5, 0.6) is 0 Å². The standard InChI is InChI=1S/C26H30O4/c1-22(2)18-13-20(28)25(5)17(23(18,3)9-7-19(22)27)6-10-24(4)16(15-8-11-29-14-15)12-21-26(24,25)30-21/h6-9,11,14,16,18,21H,10,12-13H2,1-5H3/t16-,18-,21+,23+,24-,25-,26+/m0/s1. The van der Waals surface area contributed by atoms with Gasteiger partial charge < -0.3 is 9.15 Å². The Morgan fingerprint density at radius 3 is 2.57 bits per heavy atom. The molecule has 1 spiro atoms. The Bertz CT molecular complexity index is 1050. The molecule has 6 rings (SSSR count). The monoisotopic (exact) mass is 406 g/mol. The molecule has 1 aromatic heterocycles. The van der Waals surface area contributed by atoms with Crippen molar-refractivity contribution in [2.75, 3.05) is 0 Å². The number of hydrogen-bond acceptors (Lipinski definition) is 4. The highest BCUT2D eigenvalue weighted by Gasteiger charge is 2.85. The molecule has 1 saturated heterocycles. The number of fused-ring (bicyclic) bond motifs is 3. The molecule has 158 valence electrons. The van der Waals surface area contributed by atoms with Crippen molar-refractivity contribution in [1.29, 1.82) is 0 Å². The molecule has 30 heavy (non-hydrogen) atoms. The summed E-state index contributed by atoms with van der Waals surface area (Å²) in [5.41, 5.74) is 0.276. The molecular formula is C26H30O4. The second-order valence-electron chi connectivity index (χ2n) is 11.4. The topological polar surface area (TPSA) is 59.8 Å². The van der Waals surface area contributed by atoms with Crippen molar-refractivity contribution < 1.29 is 18.7 Å². The fourth-order valence-electron chi connectivity index (χ4n) is 8.39. The van der Waals surface area contributed by atoms with Crippen LogP contribution in [0.2, 0.25) is 0 Å². The van der Waals surface area contributed by atoms with Gasteiger partial charge in [0.15, 0.2) is 5.78 Å². The highest BCUT2D eigenvalue weighted by molar-refractivity contribution is 5.99. The average Bonchev–Trinajstić information content (AvgIpc) is 3.06. The lowest BCUT2D eigenvalue weighted by Crippen LogP contribution is -2.64. The first-order valence-electron chi connectivity index (χ1n) is 11.2. The van der Waals surface area contributed by atoms with Crippen LogP contribution >= 0.6 is 0 Å². The minimum Gasteiger partial charge on any atom is -0.472 e. The largest absolute Gasteiger partial charge is 0.472 e. The first-order valence-corrected chi connectivity index (χ1v) is 11.2. The van der Waals surface area contributed by atoms with Gasteiger partial charge >= 0.3 is 0 Å². The maximum Gasteiger partial charge on any atom is 0.161 e. The molecule has 0 unspecified atom stereocenters. The van der Waals surface area contributed by atoms with Gasteiger partial charge in [-0.2, -0.15) is 0 Å². The zero-order valence-corrected chi connectivity index (χ0v) is 18.5. The lowest BCUT2D eigenvalue weighted by Gasteiger charge is -2.61. The summed E-state index contributed by atoms with van der Waals surface area (Å²) >= 11 is 0. The summed E-state index contributed by atoms with van der Waals surface area (Å²) in [7, 11) is 0. The maximum absolute atomic E-state index is 14.0. The molecule has 4 nitrogen and oxygen atoms in total. The molecule has 0 bridgehead atoms. The number of hydrogen-bond donors (Lipinski definition) is 0. The zero-order chi connectivity index (χ0) is 21.3. The van der Waals surface area contributed by atoms with E-state index in [9.17, 15) is 9.59 Å². The Labute approximate surface area is 177 Å². The Balaban J connectivity index is 1.55. The number of ketones is 2. The number of Topliss-reactive ketones (excluding diaryl/α,β-unsaturated/α-hetero) is 1. The third kappa shape index (κ3) is 1.70. The van der Waals surface area contributed by atoms with E-state index in [1.165, 1.54) is 11.1 Å². The van der Waals surface area contributed by atoms with Crippen LogP contribution in [0.25, 0.3) is 0 Å². The Morgan fingerprint density at radius 2 is 1.87 bits per heavy atom. The number of rotatable bonds is 1. The summed E-state index contributed by atoms with van der Waals surface area (Å²) < 4.78 is 11.9. The minimum absolute atomic E-state index is 0.0154. The zero-order valence-electron chi connectivity index (χ0n) is 18.5.